The summed E-state index contributed by atoms with van der Waals surface area (Å²) in [6.45, 7) is 3.00. The van der Waals surface area contributed by atoms with Crippen LogP contribution in [0.15, 0.2) is 18.2 Å². The van der Waals surface area contributed by atoms with E-state index in [2.05, 4.69) is 5.32 Å². The maximum atomic E-state index is 13.5. The van der Waals surface area contributed by atoms with E-state index in [4.69, 9.17) is 0 Å². The van der Waals surface area contributed by atoms with Gasteiger partial charge in [0.1, 0.15) is 11.6 Å². The minimum absolute atomic E-state index is 0.0475. The van der Waals surface area contributed by atoms with E-state index in [1.54, 1.807) is 7.05 Å². The number of rotatable bonds is 3. The monoisotopic (exact) mass is 268 g/mol. The molecule has 0 bridgehead atoms. The zero-order chi connectivity index (χ0) is 14.0. The molecule has 0 aromatic heterocycles. The molecule has 1 aromatic rings. The average Bonchev–Trinajstić information content (AvgIpc) is 2.78. The Bertz CT molecular complexity index is 479. The van der Waals surface area contributed by atoms with Crippen LogP contribution in [0.2, 0.25) is 0 Å². The summed E-state index contributed by atoms with van der Waals surface area (Å²) in [4.78, 5) is 13.7. The molecule has 2 rings (SSSR count). The van der Waals surface area contributed by atoms with Crippen molar-refractivity contribution in [1.29, 1.82) is 0 Å². The van der Waals surface area contributed by atoms with Crippen molar-refractivity contribution >= 4 is 5.91 Å². The Kier molecular flexibility index (Phi) is 4.14. The minimum Gasteiger partial charge on any atom is -0.340 e. The van der Waals surface area contributed by atoms with Crippen LogP contribution in [0, 0.1) is 17.6 Å². The second kappa shape index (κ2) is 5.65. The zero-order valence-corrected chi connectivity index (χ0v) is 11.1. The van der Waals surface area contributed by atoms with Gasteiger partial charge in [0.2, 0.25) is 5.91 Å². The van der Waals surface area contributed by atoms with Gasteiger partial charge >= 0.3 is 0 Å². The van der Waals surface area contributed by atoms with Crippen LogP contribution in [0.4, 0.5) is 8.78 Å². The van der Waals surface area contributed by atoms with Crippen molar-refractivity contribution in [1.82, 2.24) is 10.2 Å². The minimum atomic E-state index is -0.618. The highest BCUT2D eigenvalue weighted by molar-refractivity contribution is 5.82. The predicted molar refractivity (Wildman–Crippen MR) is 68.4 cm³/mol. The fourth-order valence-electron chi connectivity index (χ4n) is 2.39. The standard InChI is InChI=1S/C14H18F2N2O/c1-9-5-6-17-13(9)14(19)18(2)8-10-3-4-11(15)7-12(10)16/h3-4,7,9,13,17H,5-6,8H2,1-2H3. The summed E-state index contributed by atoms with van der Waals surface area (Å²) in [7, 11) is 1.64. The van der Waals surface area contributed by atoms with Crippen LogP contribution in [-0.2, 0) is 11.3 Å². The van der Waals surface area contributed by atoms with Crippen LogP contribution in [0.3, 0.4) is 0 Å². The van der Waals surface area contributed by atoms with Crippen LogP contribution in [0.25, 0.3) is 0 Å². The molecular weight excluding hydrogens is 250 g/mol. The number of carbonyl (C=O) groups excluding carboxylic acids is 1. The molecule has 19 heavy (non-hydrogen) atoms. The first kappa shape index (κ1) is 13.9. The molecule has 0 saturated carbocycles. The summed E-state index contributed by atoms with van der Waals surface area (Å²) in [5, 5.41) is 3.15. The first-order chi connectivity index (χ1) is 8.99. The SMILES string of the molecule is CC1CCNC1C(=O)N(C)Cc1ccc(F)cc1F. The summed E-state index contributed by atoms with van der Waals surface area (Å²) in [5.41, 5.74) is 0.322. The fourth-order valence-corrected chi connectivity index (χ4v) is 2.39. The van der Waals surface area contributed by atoms with Gasteiger partial charge in [0.05, 0.1) is 6.04 Å². The first-order valence-corrected chi connectivity index (χ1v) is 6.41. The molecular formula is C14H18F2N2O. The highest BCUT2D eigenvalue weighted by Crippen LogP contribution is 2.18. The van der Waals surface area contributed by atoms with Crippen molar-refractivity contribution in [3.8, 4) is 0 Å². The van der Waals surface area contributed by atoms with Crippen LogP contribution in [0.5, 0.6) is 0 Å². The Morgan fingerprint density at radius 2 is 2.21 bits per heavy atom. The Morgan fingerprint density at radius 3 is 2.79 bits per heavy atom. The van der Waals surface area contributed by atoms with E-state index < -0.39 is 11.6 Å². The lowest BCUT2D eigenvalue weighted by Crippen LogP contribution is -2.43. The second-order valence-electron chi connectivity index (χ2n) is 5.13. The molecule has 3 nitrogen and oxygen atoms in total. The van der Waals surface area contributed by atoms with Crippen molar-refractivity contribution in [3.05, 3.63) is 35.4 Å². The normalized spacial score (nSPS) is 22.5. The second-order valence-corrected chi connectivity index (χ2v) is 5.13. The zero-order valence-electron chi connectivity index (χ0n) is 11.1. The third-order valence-corrected chi connectivity index (χ3v) is 3.60. The molecule has 5 heteroatoms. The lowest BCUT2D eigenvalue weighted by Gasteiger charge is -2.23. The summed E-state index contributed by atoms with van der Waals surface area (Å²) >= 11 is 0. The third-order valence-electron chi connectivity index (χ3n) is 3.60. The summed E-state index contributed by atoms with van der Waals surface area (Å²) in [6, 6.07) is 3.21. The first-order valence-electron chi connectivity index (χ1n) is 6.41. The smallest absolute Gasteiger partial charge is 0.240 e. The van der Waals surface area contributed by atoms with Crippen molar-refractivity contribution < 1.29 is 13.6 Å². The van der Waals surface area contributed by atoms with E-state index in [0.717, 1.165) is 19.0 Å². The number of hydrogen-bond acceptors (Lipinski definition) is 2. The lowest BCUT2D eigenvalue weighted by atomic mass is 10.0. The molecule has 1 aliphatic rings. The molecule has 1 saturated heterocycles. The van der Waals surface area contributed by atoms with Crippen LogP contribution < -0.4 is 5.32 Å². The molecule has 2 atom stereocenters. The molecule has 1 amide bonds. The average molecular weight is 268 g/mol. The third kappa shape index (κ3) is 3.10. The molecule has 1 N–H and O–H groups in total. The van der Waals surface area contributed by atoms with Gasteiger partial charge in [-0.15, -0.1) is 0 Å². The Labute approximate surface area is 111 Å². The van der Waals surface area contributed by atoms with Gasteiger partial charge in [0, 0.05) is 25.2 Å². The Morgan fingerprint density at radius 1 is 1.47 bits per heavy atom. The number of hydrogen-bond donors (Lipinski definition) is 1. The van der Waals surface area contributed by atoms with Gasteiger partial charge in [0.15, 0.2) is 0 Å². The van der Waals surface area contributed by atoms with Crippen molar-refractivity contribution in [2.45, 2.75) is 25.9 Å². The molecule has 1 fully saturated rings. The van der Waals surface area contributed by atoms with Crippen molar-refractivity contribution in [2.75, 3.05) is 13.6 Å². The van der Waals surface area contributed by atoms with E-state index in [9.17, 15) is 13.6 Å². The highest BCUT2D eigenvalue weighted by Gasteiger charge is 2.31. The van der Waals surface area contributed by atoms with Gasteiger partial charge in [-0.3, -0.25) is 4.79 Å². The number of amides is 1. The van der Waals surface area contributed by atoms with Crippen LogP contribution in [0.1, 0.15) is 18.9 Å². The summed E-state index contributed by atoms with van der Waals surface area (Å²) in [6.07, 6.45) is 0.967. The number of halogens is 2. The van der Waals surface area contributed by atoms with Crippen LogP contribution in [-0.4, -0.2) is 30.4 Å². The fraction of sp³-hybridized carbons (Fsp3) is 0.500. The summed E-state index contributed by atoms with van der Waals surface area (Å²) < 4.78 is 26.3. The molecule has 1 aromatic carbocycles. The van der Waals surface area contributed by atoms with E-state index in [1.807, 2.05) is 6.92 Å². The van der Waals surface area contributed by atoms with Gasteiger partial charge in [-0.1, -0.05) is 13.0 Å². The number of likely N-dealkylation sites (N-methyl/N-ethyl adjacent to an activating group) is 1. The van der Waals surface area contributed by atoms with E-state index in [0.29, 0.717) is 5.56 Å². The lowest BCUT2D eigenvalue weighted by molar-refractivity contribution is -0.133. The van der Waals surface area contributed by atoms with Crippen molar-refractivity contribution in [3.63, 3.8) is 0 Å². The topological polar surface area (TPSA) is 32.3 Å². The predicted octanol–water partition coefficient (Wildman–Crippen LogP) is 1.92. The van der Waals surface area contributed by atoms with Gasteiger partial charge in [0.25, 0.3) is 0 Å². The summed E-state index contributed by atoms with van der Waals surface area (Å²) in [5.74, 6) is -0.991. The van der Waals surface area contributed by atoms with Crippen molar-refractivity contribution in [2.24, 2.45) is 5.92 Å². The largest absolute Gasteiger partial charge is 0.340 e. The Balaban J connectivity index is 2.04. The number of carbonyl (C=O) groups is 1. The van der Waals surface area contributed by atoms with E-state index in [-0.39, 0.29) is 24.4 Å². The number of benzene rings is 1. The molecule has 0 aliphatic carbocycles. The van der Waals surface area contributed by atoms with E-state index in [1.165, 1.54) is 17.0 Å². The van der Waals surface area contributed by atoms with Gasteiger partial charge in [-0.05, 0) is 24.9 Å². The molecule has 0 radical (unpaired) electrons. The molecule has 1 heterocycles. The maximum absolute atomic E-state index is 13.5. The van der Waals surface area contributed by atoms with Crippen LogP contribution >= 0.6 is 0 Å². The van der Waals surface area contributed by atoms with Gasteiger partial charge < -0.3 is 10.2 Å². The Hall–Kier alpha value is -1.49. The quantitative estimate of drug-likeness (QED) is 0.908. The molecule has 0 spiro atoms. The van der Waals surface area contributed by atoms with E-state index >= 15 is 0 Å². The maximum Gasteiger partial charge on any atom is 0.240 e. The molecule has 104 valence electrons. The van der Waals surface area contributed by atoms with Gasteiger partial charge in [-0.25, -0.2) is 8.78 Å². The number of nitrogens with zero attached hydrogens (tertiary/aromatic N) is 1. The highest BCUT2D eigenvalue weighted by atomic mass is 19.1. The number of nitrogens with one attached hydrogen (secondary N) is 1. The molecule has 2 unspecified atom stereocenters. The molecule has 1 aliphatic heterocycles. The van der Waals surface area contributed by atoms with Gasteiger partial charge in [-0.2, -0.15) is 0 Å².